The van der Waals surface area contributed by atoms with Crippen molar-refractivity contribution in [2.24, 2.45) is 0 Å². The van der Waals surface area contributed by atoms with E-state index in [2.05, 4.69) is 5.32 Å². The van der Waals surface area contributed by atoms with Crippen LogP contribution in [-0.2, 0) is 9.53 Å². The summed E-state index contributed by atoms with van der Waals surface area (Å²) in [7, 11) is 3.16. The van der Waals surface area contributed by atoms with E-state index in [1.807, 2.05) is 13.8 Å². The van der Waals surface area contributed by atoms with Gasteiger partial charge >= 0.3 is 5.97 Å². The second-order valence-electron chi connectivity index (χ2n) is 4.61. The maximum Gasteiger partial charge on any atom is 0.327 e. The summed E-state index contributed by atoms with van der Waals surface area (Å²) in [6.45, 7) is 6.06. The molecule has 5 heteroatoms. The Kier molecular flexibility index (Phi) is 6.31. The normalized spacial score (nSPS) is 12.1. The average Bonchev–Trinajstić information content (AvgIpc) is 2.44. The third kappa shape index (κ3) is 4.13. The van der Waals surface area contributed by atoms with Gasteiger partial charge in [-0.15, -0.1) is 0 Å². The smallest absolute Gasteiger partial charge is 0.327 e. The molecule has 1 atom stereocenters. The van der Waals surface area contributed by atoms with Crippen molar-refractivity contribution in [2.45, 2.75) is 32.9 Å². The van der Waals surface area contributed by atoms with Crippen molar-refractivity contribution in [2.75, 3.05) is 20.8 Å². The summed E-state index contributed by atoms with van der Waals surface area (Å²) in [5.41, 5.74) is 0.707. The highest BCUT2D eigenvalue weighted by Gasteiger charge is 2.26. The molecular weight excluding hydrogens is 258 g/mol. The molecule has 0 bridgehead atoms. The van der Waals surface area contributed by atoms with E-state index in [0.717, 1.165) is 0 Å². The zero-order chi connectivity index (χ0) is 15.1. The van der Waals surface area contributed by atoms with Gasteiger partial charge in [0.25, 0.3) is 0 Å². The third-order valence-electron chi connectivity index (χ3n) is 2.77. The fourth-order valence-electron chi connectivity index (χ4n) is 1.91. The van der Waals surface area contributed by atoms with Crippen molar-refractivity contribution in [3.8, 4) is 11.5 Å². The fraction of sp³-hybridized carbons (Fsp3) is 0.533. The van der Waals surface area contributed by atoms with E-state index in [9.17, 15) is 4.79 Å². The molecule has 5 nitrogen and oxygen atoms in total. The molecule has 0 radical (unpaired) electrons. The Labute approximate surface area is 120 Å². The van der Waals surface area contributed by atoms with E-state index in [4.69, 9.17) is 14.2 Å². The van der Waals surface area contributed by atoms with Crippen molar-refractivity contribution >= 4 is 5.97 Å². The van der Waals surface area contributed by atoms with Crippen LogP contribution in [0.4, 0.5) is 0 Å². The molecule has 20 heavy (non-hydrogen) atoms. The highest BCUT2D eigenvalue weighted by molar-refractivity contribution is 5.79. The number of hydrogen-bond acceptors (Lipinski definition) is 5. The summed E-state index contributed by atoms with van der Waals surface area (Å²) in [4.78, 5) is 12.2. The molecule has 1 N–H and O–H groups in total. The van der Waals surface area contributed by atoms with Crippen LogP contribution in [-0.4, -0.2) is 32.8 Å². The quantitative estimate of drug-likeness (QED) is 0.777. The van der Waals surface area contributed by atoms with Crippen LogP contribution in [0.1, 0.15) is 32.4 Å². The SMILES string of the molecule is CCOC(=O)C(NC(C)C)c1cc(OC)ccc1OC. The Bertz CT molecular complexity index is 445. The molecule has 0 amide bonds. The second-order valence-corrected chi connectivity index (χ2v) is 4.61. The first-order valence-corrected chi connectivity index (χ1v) is 6.68. The van der Waals surface area contributed by atoms with E-state index in [-0.39, 0.29) is 12.0 Å². The van der Waals surface area contributed by atoms with Crippen LogP contribution in [0, 0.1) is 0 Å². The third-order valence-corrected chi connectivity index (χ3v) is 2.77. The summed E-state index contributed by atoms with van der Waals surface area (Å²) >= 11 is 0. The van der Waals surface area contributed by atoms with Crippen molar-refractivity contribution in [1.29, 1.82) is 0 Å². The standard InChI is InChI=1S/C15H23NO4/c1-6-20-15(17)14(16-10(2)3)12-9-11(18-4)7-8-13(12)19-5/h7-10,14,16H,6H2,1-5H3. The van der Waals surface area contributed by atoms with Crippen molar-refractivity contribution in [3.63, 3.8) is 0 Å². The van der Waals surface area contributed by atoms with Gasteiger partial charge in [0.15, 0.2) is 0 Å². The Hall–Kier alpha value is -1.75. The van der Waals surface area contributed by atoms with Gasteiger partial charge in [-0.3, -0.25) is 5.32 Å². The van der Waals surface area contributed by atoms with Gasteiger partial charge in [-0.05, 0) is 39.0 Å². The minimum absolute atomic E-state index is 0.125. The number of carbonyl (C=O) groups excluding carboxylic acids is 1. The number of hydrogen-bond donors (Lipinski definition) is 1. The molecule has 1 aromatic carbocycles. The minimum atomic E-state index is -0.583. The molecule has 0 aliphatic heterocycles. The average molecular weight is 281 g/mol. The van der Waals surface area contributed by atoms with Gasteiger partial charge < -0.3 is 14.2 Å². The lowest BCUT2D eigenvalue weighted by Crippen LogP contribution is -2.35. The summed E-state index contributed by atoms with van der Waals surface area (Å²) in [6.07, 6.45) is 0. The van der Waals surface area contributed by atoms with Gasteiger partial charge in [0.05, 0.1) is 20.8 Å². The fourth-order valence-corrected chi connectivity index (χ4v) is 1.91. The molecule has 0 aromatic heterocycles. The minimum Gasteiger partial charge on any atom is -0.497 e. The maximum absolute atomic E-state index is 12.2. The van der Waals surface area contributed by atoms with Crippen LogP contribution in [0.3, 0.4) is 0 Å². The number of benzene rings is 1. The molecular formula is C15H23NO4. The first-order chi connectivity index (χ1) is 9.53. The van der Waals surface area contributed by atoms with Gasteiger partial charge in [0.2, 0.25) is 0 Å². The number of ether oxygens (including phenoxy) is 3. The first-order valence-electron chi connectivity index (χ1n) is 6.68. The van der Waals surface area contributed by atoms with Crippen LogP contribution in [0.5, 0.6) is 11.5 Å². The number of carbonyl (C=O) groups is 1. The van der Waals surface area contributed by atoms with Gasteiger partial charge in [0, 0.05) is 11.6 Å². The topological polar surface area (TPSA) is 56.8 Å². The summed E-state index contributed by atoms with van der Waals surface area (Å²) in [6, 6.07) is 4.90. The van der Waals surface area contributed by atoms with Gasteiger partial charge in [-0.2, -0.15) is 0 Å². The number of nitrogens with one attached hydrogen (secondary N) is 1. The van der Waals surface area contributed by atoms with Crippen LogP contribution in [0.25, 0.3) is 0 Å². The predicted molar refractivity (Wildman–Crippen MR) is 77.2 cm³/mol. The van der Waals surface area contributed by atoms with E-state index in [1.165, 1.54) is 0 Å². The van der Waals surface area contributed by atoms with Gasteiger partial charge in [0.1, 0.15) is 17.5 Å². The summed E-state index contributed by atoms with van der Waals surface area (Å²) in [5.74, 6) is 0.963. The van der Waals surface area contributed by atoms with E-state index >= 15 is 0 Å². The van der Waals surface area contributed by atoms with Crippen LogP contribution in [0.15, 0.2) is 18.2 Å². The Morgan fingerprint density at radius 1 is 1.25 bits per heavy atom. The lowest BCUT2D eigenvalue weighted by molar-refractivity contribution is -0.146. The molecule has 0 spiro atoms. The summed E-state index contributed by atoms with van der Waals surface area (Å²) in [5, 5.41) is 3.20. The molecule has 1 rings (SSSR count). The Morgan fingerprint density at radius 2 is 1.95 bits per heavy atom. The predicted octanol–water partition coefficient (Wildman–Crippen LogP) is 2.31. The molecule has 0 saturated heterocycles. The molecule has 0 heterocycles. The summed E-state index contributed by atoms with van der Waals surface area (Å²) < 4.78 is 15.7. The van der Waals surface area contributed by atoms with Crippen LogP contribution >= 0.6 is 0 Å². The first kappa shape index (κ1) is 16.3. The molecule has 1 aromatic rings. The lowest BCUT2D eigenvalue weighted by atomic mass is 10.0. The van der Waals surface area contributed by atoms with E-state index in [1.54, 1.807) is 39.3 Å². The van der Waals surface area contributed by atoms with Crippen molar-refractivity contribution < 1.29 is 19.0 Å². The maximum atomic E-state index is 12.2. The molecule has 1 unspecified atom stereocenters. The number of rotatable bonds is 7. The molecule has 0 aliphatic rings. The zero-order valence-electron chi connectivity index (χ0n) is 12.7. The number of methoxy groups -OCH3 is 2. The highest BCUT2D eigenvalue weighted by atomic mass is 16.5. The zero-order valence-corrected chi connectivity index (χ0v) is 12.7. The Morgan fingerprint density at radius 3 is 2.45 bits per heavy atom. The number of esters is 1. The highest BCUT2D eigenvalue weighted by Crippen LogP contribution is 2.30. The lowest BCUT2D eigenvalue weighted by Gasteiger charge is -2.22. The molecule has 112 valence electrons. The molecule has 0 saturated carbocycles. The van der Waals surface area contributed by atoms with Crippen LogP contribution < -0.4 is 14.8 Å². The molecule has 0 aliphatic carbocycles. The van der Waals surface area contributed by atoms with Crippen LogP contribution in [0.2, 0.25) is 0 Å². The monoisotopic (exact) mass is 281 g/mol. The largest absolute Gasteiger partial charge is 0.497 e. The van der Waals surface area contributed by atoms with E-state index in [0.29, 0.717) is 23.7 Å². The van der Waals surface area contributed by atoms with Gasteiger partial charge in [-0.1, -0.05) is 0 Å². The van der Waals surface area contributed by atoms with E-state index < -0.39 is 6.04 Å². The van der Waals surface area contributed by atoms with Gasteiger partial charge in [-0.25, -0.2) is 4.79 Å². The van der Waals surface area contributed by atoms with Crippen molar-refractivity contribution in [3.05, 3.63) is 23.8 Å². The Balaban J connectivity index is 3.19. The molecule has 0 fully saturated rings. The second kappa shape index (κ2) is 7.75. The van der Waals surface area contributed by atoms with Crippen molar-refractivity contribution in [1.82, 2.24) is 5.32 Å².